The number of benzene rings is 2. The van der Waals surface area contributed by atoms with E-state index < -0.39 is 11.9 Å². The van der Waals surface area contributed by atoms with E-state index in [4.69, 9.17) is 14.2 Å². The van der Waals surface area contributed by atoms with Crippen molar-refractivity contribution < 1.29 is 28.2 Å². The van der Waals surface area contributed by atoms with Crippen molar-refractivity contribution in [1.82, 2.24) is 5.32 Å². The fourth-order valence-electron chi connectivity index (χ4n) is 4.91. The van der Waals surface area contributed by atoms with Crippen LogP contribution in [0.5, 0.6) is 17.2 Å². The standard InChI is InChI=1S/C29H33FN2O5S/c1-35-24-15-19(16-25(36-2)28(24)37-3)27(29(34)31-21-10-5-4-6-11-21)32(22-12-7-9-20(30)17-22)26(33)18-23-13-8-14-38-23/h7-9,12-17,21,27H,4-6,10-11,18H2,1-3H3,(H,31,34). The van der Waals surface area contributed by atoms with Gasteiger partial charge in [0.25, 0.3) is 0 Å². The highest BCUT2D eigenvalue weighted by Gasteiger charge is 2.35. The van der Waals surface area contributed by atoms with E-state index in [0.29, 0.717) is 22.8 Å². The molecule has 0 bridgehead atoms. The number of hydrogen-bond acceptors (Lipinski definition) is 6. The number of nitrogens with zero attached hydrogens (tertiary/aromatic N) is 1. The first-order valence-corrected chi connectivity index (χ1v) is 13.5. The molecule has 0 aliphatic heterocycles. The van der Waals surface area contributed by atoms with Crippen LogP contribution in [-0.2, 0) is 16.0 Å². The van der Waals surface area contributed by atoms with Gasteiger partial charge in [0.15, 0.2) is 11.5 Å². The van der Waals surface area contributed by atoms with E-state index in [0.717, 1.165) is 37.0 Å². The van der Waals surface area contributed by atoms with Crippen LogP contribution in [0.25, 0.3) is 0 Å². The number of nitrogens with one attached hydrogen (secondary N) is 1. The number of amides is 2. The largest absolute Gasteiger partial charge is 0.493 e. The molecule has 38 heavy (non-hydrogen) atoms. The van der Waals surface area contributed by atoms with Gasteiger partial charge in [0.2, 0.25) is 17.6 Å². The lowest BCUT2D eigenvalue weighted by Gasteiger charge is -2.34. The van der Waals surface area contributed by atoms with E-state index in [1.807, 2.05) is 17.5 Å². The molecule has 4 rings (SSSR count). The number of methoxy groups -OCH3 is 3. The van der Waals surface area contributed by atoms with Crippen molar-refractivity contribution in [3.8, 4) is 17.2 Å². The lowest BCUT2D eigenvalue weighted by atomic mass is 9.94. The van der Waals surface area contributed by atoms with Gasteiger partial charge >= 0.3 is 0 Å². The molecule has 0 radical (unpaired) electrons. The predicted molar refractivity (Wildman–Crippen MR) is 146 cm³/mol. The van der Waals surface area contributed by atoms with Gasteiger partial charge in [-0.15, -0.1) is 11.3 Å². The second-order valence-electron chi connectivity index (χ2n) is 9.20. The van der Waals surface area contributed by atoms with Crippen LogP contribution in [0.4, 0.5) is 10.1 Å². The van der Waals surface area contributed by atoms with E-state index in [-0.39, 0.29) is 30.0 Å². The van der Waals surface area contributed by atoms with Crippen LogP contribution in [0, 0.1) is 5.82 Å². The third-order valence-electron chi connectivity index (χ3n) is 6.72. The minimum atomic E-state index is -1.11. The summed E-state index contributed by atoms with van der Waals surface area (Å²) in [5, 5.41) is 5.05. The number of ether oxygens (including phenoxy) is 3. The molecule has 3 aromatic rings. The number of anilines is 1. The Morgan fingerprint density at radius 3 is 2.29 bits per heavy atom. The molecule has 1 fully saturated rings. The van der Waals surface area contributed by atoms with E-state index in [1.54, 1.807) is 18.2 Å². The van der Waals surface area contributed by atoms with Crippen molar-refractivity contribution in [3.63, 3.8) is 0 Å². The van der Waals surface area contributed by atoms with Crippen molar-refractivity contribution in [2.24, 2.45) is 0 Å². The Hall–Kier alpha value is -3.59. The molecule has 1 unspecified atom stereocenters. The lowest BCUT2D eigenvalue weighted by Crippen LogP contribution is -2.47. The average molecular weight is 541 g/mol. The summed E-state index contributed by atoms with van der Waals surface area (Å²) >= 11 is 1.45. The van der Waals surface area contributed by atoms with E-state index in [1.165, 1.54) is 55.8 Å². The highest BCUT2D eigenvalue weighted by Crippen LogP contribution is 2.42. The van der Waals surface area contributed by atoms with Crippen LogP contribution in [0.3, 0.4) is 0 Å². The molecule has 2 amide bonds. The van der Waals surface area contributed by atoms with Crippen LogP contribution in [0.1, 0.15) is 48.6 Å². The Kier molecular flexibility index (Phi) is 9.23. The number of carbonyl (C=O) groups is 2. The Morgan fingerprint density at radius 2 is 1.71 bits per heavy atom. The van der Waals surface area contributed by atoms with Crippen LogP contribution in [0.15, 0.2) is 53.9 Å². The fourth-order valence-corrected chi connectivity index (χ4v) is 5.61. The topological polar surface area (TPSA) is 77.1 Å². The summed E-state index contributed by atoms with van der Waals surface area (Å²) < 4.78 is 31.0. The molecule has 1 N–H and O–H groups in total. The maximum Gasteiger partial charge on any atom is 0.248 e. The monoisotopic (exact) mass is 540 g/mol. The molecule has 0 spiro atoms. The van der Waals surface area contributed by atoms with Crippen LogP contribution in [-0.4, -0.2) is 39.2 Å². The SMILES string of the molecule is COc1cc(C(C(=O)NC2CCCCC2)N(C(=O)Cc2cccs2)c2cccc(F)c2)cc(OC)c1OC. The predicted octanol–water partition coefficient (Wildman–Crippen LogP) is 5.68. The van der Waals surface area contributed by atoms with Gasteiger partial charge in [0.05, 0.1) is 27.8 Å². The smallest absolute Gasteiger partial charge is 0.248 e. The normalized spacial score (nSPS) is 14.4. The van der Waals surface area contributed by atoms with Crippen LogP contribution < -0.4 is 24.4 Å². The van der Waals surface area contributed by atoms with Gasteiger partial charge < -0.3 is 19.5 Å². The highest BCUT2D eigenvalue weighted by atomic mass is 32.1. The molecule has 0 saturated heterocycles. The van der Waals surface area contributed by atoms with E-state index in [9.17, 15) is 14.0 Å². The minimum absolute atomic E-state index is 0.00236. The summed E-state index contributed by atoms with van der Waals surface area (Å²) in [4.78, 5) is 30.2. The van der Waals surface area contributed by atoms with Crippen LogP contribution in [0.2, 0.25) is 0 Å². The molecule has 2 aromatic carbocycles. The fraction of sp³-hybridized carbons (Fsp3) is 0.379. The second-order valence-corrected chi connectivity index (χ2v) is 10.2. The first-order valence-electron chi connectivity index (χ1n) is 12.7. The first-order chi connectivity index (χ1) is 18.4. The van der Waals surface area contributed by atoms with Gasteiger partial charge in [-0.2, -0.15) is 0 Å². The lowest BCUT2D eigenvalue weighted by molar-refractivity contribution is -0.127. The number of halogens is 1. The second kappa shape index (κ2) is 12.8. The van der Waals surface area contributed by atoms with Crippen molar-refractivity contribution >= 4 is 28.8 Å². The van der Waals surface area contributed by atoms with Crippen LogP contribution >= 0.6 is 11.3 Å². The molecule has 1 aliphatic carbocycles. The van der Waals surface area contributed by atoms with Gasteiger partial charge in [-0.25, -0.2) is 4.39 Å². The quantitative estimate of drug-likeness (QED) is 0.358. The molecule has 9 heteroatoms. The number of thiophene rings is 1. The van der Waals surface area contributed by atoms with E-state index in [2.05, 4.69) is 5.32 Å². The minimum Gasteiger partial charge on any atom is -0.493 e. The highest BCUT2D eigenvalue weighted by molar-refractivity contribution is 7.10. The van der Waals surface area contributed by atoms with Gasteiger partial charge in [-0.1, -0.05) is 31.4 Å². The molecule has 1 aromatic heterocycles. The molecule has 1 heterocycles. The summed E-state index contributed by atoms with van der Waals surface area (Å²) in [6.45, 7) is 0. The molecular formula is C29H33FN2O5S. The van der Waals surface area contributed by atoms with E-state index >= 15 is 0 Å². The summed E-state index contributed by atoms with van der Waals surface area (Å²) in [6.07, 6.45) is 5.01. The van der Waals surface area contributed by atoms with Gasteiger partial charge in [-0.3, -0.25) is 14.5 Å². The van der Waals surface area contributed by atoms with Crippen molar-refractivity contribution in [2.75, 3.05) is 26.2 Å². The van der Waals surface area contributed by atoms with Gasteiger partial charge in [-0.05, 0) is 60.2 Å². The molecule has 1 aliphatic rings. The Bertz CT molecular complexity index is 1220. The summed E-state index contributed by atoms with van der Waals surface area (Å²) in [7, 11) is 4.48. The molecule has 1 atom stereocenters. The molecule has 1 saturated carbocycles. The average Bonchev–Trinajstić information content (AvgIpc) is 3.44. The maximum absolute atomic E-state index is 14.5. The number of rotatable bonds is 10. The Labute approximate surface area is 226 Å². The van der Waals surface area contributed by atoms with Crippen molar-refractivity contribution in [3.05, 3.63) is 70.2 Å². The third-order valence-corrected chi connectivity index (χ3v) is 7.60. The summed E-state index contributed by atoms with van der Waals surface area (Å²) in [5.41, 5.74) is 0.737. The Morgan fingerprint density at radius 1 is 1.00 bits per heavy atom. The van der Waals surface area contributed by atoms with Crippen molar-refractivity contribution in [2.45, 2.75) is 50.6 Å². The first kappa shape index (κ1) is 27.4. The summed E-state index contributed by atoms with van der Waals surface area (Å²) in [5.74, 6) is -0.129. The number of carbonyl (C=O) groups excluding carboxylic acids is 2. The maximum atomic E-state index is 14.5. The zero-order valence-electron chi connectivity index (χ0n) is 21.9. The van der Waals surface area contributed by atoms with Gasteiger partial charge in [0.1, 0.15) is 11.9 Å². The number of hydrogen-bond donors (Lipinski definition) is 1. The van der Waals surface area contributed by atoms with Gasteiger partial charge in [0, 0.05) is 16.6 Å². The molecular weight excluding hydrogens is 507 g/mol. The molecule has 202 valence electrons. The summed E-state index contributed by atoms with van der Waals surface area (Å²) in [6, 6.07) is 11.7. The molecule has 7 nitrogen and oxygen atoms in total. The van der Waals surface area contributed by atoms with Crippen molar-refractivity contribution in [1.29, 1.82) is 0 Å². The third kappa shape index (κ3) is 6.27. The zero-order valence-corrected chi connectivity index (χ0v) is 22.7. The Balaban J connectivity index is 1.85. The zero-order chi connectivity index (χ0) is 27.1.